The Hall–Kier alpha value is -7.37. The van der Waals surface area contributed by atoms with Gasteiger partial charge in [-0.15, -0.1) is 0 Å². The first-order chi connectivity index (χ1) is 31.5. The first-order valence-corrected chi connectivity index (χ1v) is 22.9. The summed E-state index contributed by atoms with van der Waals surface area (Å²) in [5.41, 5.74) is 14.9. The van der Waals surface area contributed by atoms with Crippen LogP contribution in [0.3, 0.4) is 0 Å². The Bertz CT molecular complexity index is 3300. The summed E-state index contributed by atoms with van der Waals surface area (Å²) in [5, 5.41) is 5.07. The Morgan fingerprint density at radius 3 is 1.69 bits per heavy atom. The molecule has 0 saturated heterocycles. The van der Waals surface area contributed by atoms with Crippen LogP contribution in [0.5, 0.6) is 0 Å². The van der Waals surface area contributed by atoms with Crippen molar-refractivity contribution in [1.29, 1.82) is 0 Å². The molecule has 5 nitrogen and oxygen atoms in total. The maximum Gasteiger partial charge on any atom is 0.163 e. The molecule has 64 heavy (non-hydrogen) atoms. The molecule has 5 heteroatoms. The third-order valence-electron chi connectivity index (χ3n) is 13.4. The smallest absolute Gasteiger partial charge is 0.163 e. The van der Waals surface area contributed by atoms with Gasteiger partial charge >= 0.3 is 0 Å². The fourth-order valence-corrected chi connectivity index (χ4v) is 10.2. The first kappa shape index (κ1) is 39.5. The van der Waals surface area contributed by atoms with Crippen molar-refractivity contribution < 1.29 is 0 Å². The van der Waals surface area contributed by atoms with Crippen molar-refractivity contribution in [2.24, 2.45) is 5.92 Å². The molecule has 0 N–H and O–H groups in total. The van der Waals surface area contributed by atoms with E-state index < -0.39 is 0 Å². The molecule has 0 radical (unpaired) electrons. The summed E-state index contributed by atoms with van der Waals surface area (Å²) in [6.45, 7) is 6.93. The third kappa shape index (κ3) is 7.11. The summed E-state index contributed by atoms with van der Waals surface area (Å²) < 4.78 is 4.94. The van der Waals surface area contributed by atoms with Crippen LogP contribution < -0.4 is 0 Å². The van der Waals surface area contributed by atoms with Crippen molar-refractivity contribution in [3.05, 3.63) is 210 Å². The highest BCUT2D eigenvalue weighted by Crippen LogP contribution is 2.41. The van der Waals surface area contributed by atoms with Gasteiger partial charge in [-0.3, -0.25) is 0 Å². The molecular weight excluding hydrogens is 779 g/mol. The normalized spacial score (nSPS) is 14.6. The zero-order chi connectivity index (χ0) is 43.1. The fourth-order valence-electron chi connectivity index (χ4n) is 10.2. The molecule has 0 saturated carbocycles. The highest BCUT2D eigenvalue weighted by atomic mass is 15.0. The first-order valence-electron chi connectivity index (χ1n) is 22.9. The minimum Gasteiger partial charge on any atom is -0.309 e. The van der Waals surface area contributed by atoms with Gasteiger partial charge in [0.25, 0.3) is 0 Å². The van der Waals surface area contributed by atoms with Gasteiger partial charge in [-0.1, -0.05) is 171 Å². The summed E-state index contributed by atoms with van der Waals surface area (Å²) in [4.78, 5) is 15.5. The average Bonchev–Trinajstić information content (AvgIpc) is 3.87. The highest BCUT2D eigenvalue weighted by molar-refractivity contribution is 6.12. The van der Waals surface area contributed by atoms with Crippen molar-refractivity contribution in [2.45, 2.75) is 58.8 Å². The molecule has 3 aromatic heterocycles. The fraction of sp³-hybridized carbons (Fsp3) is 0.169. The lowest BCUT2D eigenvalue weighted by Crippen LogP contribution is -2.16. The van der Waals surface area contributed by atoms with Crippen LogP contribution in [0.1, 0.15) is 62.9 Å². The van der Waals surface area contributed by atoms with Crippen LogP contribution in [0.2, 0.25) is 0 Å². The van der Waals surface area contributed by atoms with Gasteiger partial charge in [0.05, 0.1) is 22.1 Å². The van der Waals surface area contributed by atoms with Crippen LogP contribution in [-0.4, -0.2) is 24.1 Å². The Labute approximate surface area is 375 Å². The van der Waals surface area contributed by atoms with Gasteiger partial charge in [-0.05, 0) is 91.6 Å². The summed E-state index contributed by atoms with van der Waals surface area (Å²) in [6, 6.07) is 61.3. The molecular formula is C59H51N5. The number of benzene rings is 7. The number of para-hydroxylation sites is 3. The van der Waals surface area contributed by atoms with E-state index in [1.807, 2.05) is 12.1 Å². The second-order valence-electron chi connectivity index (χ2n) is 17.5. The molecule has 312 valence electrons. The number of nitrogens with zero attached hydrogens (tertiary/aromatic N) is 5. The van der Waals surface area contributed by atoms with Crippen LogP contribution in [0.4, 0.5) is 0 Å². The van der Waals surface area contributed by atoms with E-state index in [0.717, 1.165) is 60.7 Å². The average molecular weight is 830 g/mol. The van der Waals surface area contributed by atoms with E-state index in [9.17, 15) is 0 Å². The molecule has 0 spiro atoms. The number of rotatable bonds is 11. The molecule has 7 aromatic carbocycles. The van der Waals surface area contributed by atoms with Gasteiger partial charge in [-0.2, -0.15) is 0 Å². The lowest BCUT2D eigenvalue weighted by atomic mass is 9.80. The summed E-state index contributed by atoms with van der Waals surface area (Å²) in [5.74, 6) is 2.77. The van der Waals surface area contributed by atoms with Crippen LogP contribution in [0.15, 0.2) is 193 Å². The Kier molecular flexibility index (Phi) is 10.3. The molecule has 0 aliphatic heterocycles. The number of aromatic nitrogens is 5. The van der Waals surface area contributed by atoms with Gasteiger partial charge in [0, 0.05) is 50.0 Å². The van der Waals surface area contributed by atoms with Crippen molar-refractivity contribution in [1.82, 2.24) is 24.1 Å². The molecule has 11 rings (SSSR count). The monoisotopic (exact) mass is 829 g/mol. The second-order valence-corrected chi connectivity index (χ2v) is 17.5. The second kappa shape index (κ2) is 16.7. The van der Waals surface area contributed by atoms with Gasteiger partial charge in [-0.25, -0.2) is 15.0 Å². The maximum absolute atomic E-state index is 5.22. The van der Waals surface area contributed by atoms with Crippen molar-refractivity contribution >= 4 is 43.6 Å². The van der Waals surface area contributed by atoms with Crippen LogP contribution in [0.25, 0.3) is 77.8 Å². The van der Waals surface area contributed by atoms with Crippen LogP contribution >= 0.6 is 0 Å². The Morgan fingerprint density at radius 2 is 1.08 bits per heavy atom. The quantitative estimate of drug-likeness (QED) is 0.130. The van der Waals surface area contributed by atoms with Crippen LogP contribution in [0, 0.1) is 5.92 Å². The van der Waals surface area contributed by atoms with Crippen molar-refractivity contribution in [3.63, 3.8) is 0 Å². The molecule has 1 aliphatic rings. The van der Waals surface area contributed by atoms with Gasteiger partial charge in [0.15, 0.2) is 11.6 Å². The van der Waals surface area contributed by atoms with Crippen LogP contribution in [-0.2, 0) is 12.8 Å². The predicted octanol–water partition coefficient (Wildman–Crippen LogP) is 15.0. The number of hydrogen-bond donors (Lipinski definition) is 0. The number of allylic oxidation sites excluding steroid dienone is 4. The lowest BCUT2D eigenvalue weighted by molar-refractivity contribution is 0.535. The molecule has 1 aliphatic carbocycles. The minimum atomic E-state index is 0.0818. The van der Waals surface area contributed by atoms with Gasteiger partial charge in [0.2, 0.25) is 0 Å². The minimum absolute atomic E-state index is 0.0818. The van der Waals surface area contributed by atoms with E-state index in [4.69, 9.17) is 15.0 Å². The SMILES string of the molecule is CCC1=CC=C(C[C@H](C)Cc2ccc(CC)c(-n3c4ccccc4c4cc(-n5c6ccccc6c6ccccc65)ccc43)c2)[C@@H](c2nc(-c3ccccc3)nc(-c3ccccc3)n2)C1. The van der Waals surface area contributed by atoms with E-state index >= 15 is 0 Å². The standard InChI is InChI=1S/C59H51N5/c1-4-40-28-31-45(50(36-40)59-61-57(43-18-8-6-9-19-43)60-58(62-59)44-20-10-7-11-21-44)35-39(3)34-41-29-30-42(5-2)56(37-41)64-54-27-17-14-24-49(54)51-38-46(32-33-55(51)64)63-52-25-15-12-22-47(52)48-23-13-16-26-53(48)63/h6-33,37-39,50H,4-5,34-36H2,1-3H3/t39-,50+/m1/s1. The van der Waals surface area contributed by atoms with Gasteiger partial charge in [0.1, 0.15) is 5.82 Å². The predicted molar refractivity (Wildman–Crippen MR) is 266 cm³/mol. The molecule has 10 aromatic rings. The Balaban J connectivity index is 0.944. The summed E-state index contributed by atoms with van der Waals surface area (Å²) in [7, 11) is 0. The zero-order valence-electron chi connectivity index (χ0n) is 36.7. The van der Waals surface area contributed by atoms with E-state index in [1.54, 1.807) is 0 Å². The molecule has 0 fully saturated rings. The van der Waals surface area contributed by atoms with E-state index in [0.29, 0.717) is 5.92 Å². The van der Waals surface area contributed by atoms with Crippen molar-refractivity contribution in [2.75, 3.05) is 0 Å². The lowest BCUT2D eigenvalue weighted by Gasteiger charge is -2.27. The van der Waals surface area contributed by atoms with Gasteiger partial charge < -0.3 is 9.13 Å². The third-order valence-corrected chi connectivity index (χ3v) is 13.4. The molecule has 3 heterocycles. The molecule has 0 unspecified atom stereocenters. The van der Waals surface area contributed by atoms with Crippen molar-refractivity contribution in [3.8, 4) is 34.2 Å². The van der Waals surface area contributed by atoms with E-state index in [1.165, 1.54) is 77.3 Å². The van der Waals surface area contributed by atoms with E-state index in [2.05, 4.69) is 200 Å². The Morgan fingerprint density at radius 1 is 0.516 bits per heavy atom. The molecule has 2 atom stereocenters. The number of fused-ring (bicyclic) bond motifs is 6. The largest absolute Gasteiger partial charge is 0.309 e. The summed E-state index contributed by atoms with van der Waals surface area (Å²) in [6.07, 6.45) is 9.51. The number of aryl methyl sites for hydroxylation is 1. The maximum atomic E-state index is 5.22. The summed E-state index contributed by atoms with van der Waals surface area (Å²) >= 11 is 0. The van der Waals surface area contributed by atoms with E-state index in [-0.39, 0.29) is 5.92 Å². The highest BCUT2D eigenvalue weighted by Gasteiger charge is 2.27. The topological polar surface area (TPSA) is 48.5 Å². The zero-order valence-corrected chi connectivity index (χ0v) is 36.7. The molecule has 0 amide bonds. The number of hydrogen-bond acceptors (Lipinski definition) is 3. The molecule has 0 bridgehead atoms.